The highest BCUT2D eigenvalue weighted by Crippen LogP contribution is 2.30. The number of hydrogen-bond donors (Lipinski definition) is 0. The van der Waals surface area contributed by atoms with Gasteiger partial charge in [-0.05, 0) is 36.2 Å². The third kappa shape index (κ3) is 2.63. The lowest BCUT2D eigenvalue weighted by Gasteiger charge is -2.28. The van der Waals surface area contributed by atoms with Crippen molar-refractivity contribution in [2.75, 3.05) is 11.4 Å². The van der Waals surface area contributed by atoms with Gasteiger partial charge in [-0.25, -0.2) is 0 Å². The van der Waals surface area contributed by atoms with Crippen LogP contribution in [0.4, 0.5) is 5.69 Å². The third-order valence-electron chi connectivity index (χ3n) is 4.52. The van der Waals surface area contributed by atoms with Crippen LogP contribution in [0, 0.1) is 11.3 Å². The molecule has 2 aromatic heterocycles. The number of amides is 1. The van der Waals surface area contributed by atoms with Gasteiger partial charge in [0.2, 0.25) is 0 Å². The minimum Gasteiger partial charge on any atom is -0.306 e. The fourth-order valence-corrected chi connectivity index (χ4v) is 3.46. The second-order valence-corrected chi connectivity index (χ2v) is 6.52. The van der Waals surface area contributed by atoms with Crippen molar-refractivity contribution in [3.63, 3.8) is 0 Å². The molecule has 128 valence electrons. The third-order valence-corrected chi connectivity index (χ3v) is 4.75. The highest BCUT2D eigenvalue weighted by Gasteiger charge is 2.26. The van der Waals surface area contributed by atoms with Crippen molar-refractivity contribution < 1.29 is 4.79 Å². The van der Waals surface area contributed by atoms with Crippen molar-refractivity contribution in [2.24, 2.45) is 7.05 Å². The van der Waals surface area contributed by atoms with Crippen LogP contribution in [0.5, 0.6) is 0 Å². The van der Waals surface area contributed by atoms with Crippen LogP contribution < -0.4 is 4.90 Å². The van der Waals surface area contributed by atoms with E-state index in [0.717, 1.165) is 17.5 Å². The minimum absolute atomic E-state index is 0.0765. The van der Waals surface area contributed by atoms with Crippen LogP contribution >= 0.6 is 11.6 Å². The highest BCUT2D eigenvalue weighted by atomic mass is 35.5. The second-order valence-electron chi connectivity index (χ2n) is 6.08. The van der Waals surface area contributed by atoms with Crippen LogP contribution in [-0.4, -0.2) is 27.2 Å². The summed E-state index contributed by atoms with van der Waals surface area (Å²) >= 11 is 6.03. The summed E-state index contributed by atoms with van der Waals surface area (Å²) in [5.41, 5.74) is 4.20. The van der Waals surface area contributed by atoms with E-state index < -0.39 is 0 Å². The molecule has 26 heavy (non-hydrogen) atoms. The minimum atomic E-state index is -0.0765. The van der Waals surface area contributed by atoms with E-state index in [2.05, 4.69) is 16.2 Å². The number of halogens is 1. The van der Waals surface area contributed by atoms with Gasteiger partial charge in [0.25, 0.3) is 5.91 Å². The first-order valence-electron chi connectivity index (χ1n) is 8.06. The first-order chi connectivity index (χ1) is 12.6. The number of nitriles is 1. The van der Waals surface area contributed by atoms with Gasteiger partial charge in [-0.1, -0.05) is 11.6 Å². The molecule has 1 aliphatic heterocycles. The van der Waals surface area contributed by atoms with E-state index in [4.69, 9.17) is 11.6 Å². The SMILES string of the molecule is Cn1ncc(C#N)c1-c1cncc(N2CCc3cc(Cl)ccc3C2=O)c1. The van der Waals surface area contributed by atoms with Gasteiger partial charge in [-0.15, -0.1) is 0 Å². The lowest BCUT2D eigenvalue weighted by molar-refractivity contribution is 0.0980. The molecule has 3 aromatic rings. The molecule has 0 N–H and O–H groups in total. The maximum atomic E-state index is 12.9. The summed E-state index contributed by atoms with van der Waals surface area (Å²) in [6, 6.07) is 9.33. The Balaban J connectivity index is 1.74. The molecule has 4 rings (SSSR count). The molecule has 6 nitrogen and oxygen atoms in total. The highest BCUT2D eigenvalue weighted by molar-refractivity contribution is 6.30. The summed E-state index contributed by atoms with van der Waals surface area (Å²) in [4.78, 5) is 18.9. The maximum Gasteiger partial charge on any atom is 0.258 e. The van der Waals surface area contributed by atoms with Crippen molar-refractivity contribution in [2.45, 2.75) is 6.42 Å². The van der Waals surface area contributed by atoms with Gasteiger partial charge < -0.3 is 4.90 Å². The van der Waals surface area contributed by atoms with Crippen LogP contribution in [0.3, 0.4) is 0 Å². The van der Waals surface area contributed by atoms with E-state index >= 15 is 0 Å². The number of aromatic nitrogens is 3. The molecule has 0 bridgehead atoms. The van der Waals surface area contributed by atoms with Gasteiger partial charge in [0.05, 0.1) is 29.3 Å². The number of anilines is 1. The van der Waals surface area contributed by atoms with Gasteiger partial charge in [-0.2, -0.15) is 10.4 Å². The Hall–Kier alpha value is -3.17. The van der Waals surface area contributed by atoms with Gasteiger partial charge in [0.15, 0.2) is 0 Å². The Morgan fingerprint density at radius 3 is 2.88 bits per heavy atom. The van der Waals surface area contributed by atoms with E-state index in [9.17, 15) is 10.1 Å². The summed E-state index contributed by atoms with van der Waals surface area (Å²) in [6.45, 7) is 0.549. The normalized spacial score (nSPS) is 13.4. The molecular weight excluding hydrogens is 350 g/mol. The number of carbonyl (C=O) groups excluding carboxylic acids is 1. The molecular formula is C19H14ClN5O. The molecule has 1 amide bonds. The Bertz CT molecular complexity index is 1070. The average Bonchev–Trinajstić information content (AvgIpc) is 3.02. The molecule has 1 aromatic carbocycles. The zero-order valence-electron chi connectivity index (χ0n) is 14.0. The summed E-state index contributed by atoms with van der Waals surface area (Å²) in [6.07, 6.45) is 5.57. The van der Waals surface area contributed by atoms with Crippen LogP contribution in [0.25, 0.3) is 11.3 Å². The van der Waals surface area contributed by atoms with E-state index in [-0.39, 0.29) is 5.91 Å². The largest absolute Gasteiger partial charge is 0.306 e. The number of benzene rings is 1. The smallest absolute Gasteiger partial charge is 0.258 e. The predicted octanol–water partition coefficient (Wildman–Crippen LogP) is 3.21. The first kappa shape index (κ1) is 16.3. The van der Waals surface area contributed by atoms with E-state index in [0.29, 0.717) is 34.1 Å². The molecule has 0 fully saturated rings. The summed E-state index contributed by atoms with van der Waals surface area (Å²) in [5, 5.41) is 14.1. The van der Waals surface area contributed by atoms with Crippen molar-refractivity contribution in [3.05, 3.63) is 64.6 Å². The predicted molar refractivity (Wildman–Crippen MR) is 98.0 cm³/mol. The van der Waals surface area contributed by atoms with Crippen LogP contribution in [-0.2, 0) is 13.5 Å². The average molecular weight is 364 g/mol. The fourth-order valence-electron chi connectivity index (χ4n) is 3.27. The summed E-state index contributed by atoms with van der Waals surface area (Å²) in [7, 11) is 1.77. The van der Waals surface area contributed by atoms with Gasteiger partial charge in [0.1, 0.15) is 6.07 Å². The van der Waals surface area contributed by atoms with Gasteiger partial charge >= 0.3 is 0 Å². The molecule has 0 atom stereocenters. The van der Waals surface area contributed by atoms with E-state index in [1.54, 1.807) is 41.2 Å². The fraction of sp³-hybridized carbons (Fsp3) is 0.158. The number of pyridine rings is 1. The van der Waals surface area contributed by atoms with Gasteiger partial charge in [0, 0.05) is 35.9 Å². The molecule has 0 saturated heterocycles. The number of hydrogen-bond acceptors (Lipinski definition) is 4. The molecule has 0 radical (unpaired) electrons. The Morgan fingerprint density at radius 2 is 2.08 bits per heavy atom. The van der Waals surface area contributed by atoms with Crippen molar-refractivity contribution >= 4 is 23.2 Å². The topological polar surface area (TPSA) is 74.8 Å². The lowest BCUT2D eigenvalue weighted by Crippen LogP contribution is -2.37. The number of aryl methyl sites for hydroxylation is 1. The Morgan fingerprint density at radius 1 is 1.23 bits per heavy atom. The van der Waals surface area contributed by atoms with Crippen molar-refractivity contribution in [3.8, 4) is 17.3 Å². The molecule has 0 aliphatic carbocycles. The standard InChI is InChI=1S/C19H14ClN5O/c1-24-18(14(8-21)10-23-24)13-7-16(11-22-9-13)25-5-4-12-6-15(20)2-3-17(12)19(25)26/h2-3,6-7,9-11H,4-5H2,1H3. The number of nitrogens with zero attached hydrogens (tertiary/aromatic N) is 5. The monoisotopic (exact) mass is 363 g/mol. The zero-order chi connectivity index (χ0) is 18.3. The summed E-state index contributed by atoms with van der Waals surface area (Å²) < 4.78 is 1.63. The molecule has 1 aliphatic rings. The number of fused-ring (bicyclic) bond motifs is 1. The number of carbonyl (C=O) groups is 1. The van der Waals surface area contributed by atoms with Crippen LogP contribution in [0.15, 0.2) is 42.9 Å². The van der Waals surface area contributed by atoms with Gasteiger partial charge in [-0.3, -0.25) is 14.5 Å². The quantitative estimate of drug-likeness (QED) is 0.700. The molecule has 7 heteroatoms. The zero-order valence-corrected chi connectivity index (χ0v) is 14.7. The van der Waals surface area contributed by atoms with Crippen molar-refractivity contribution in [1.29, 1.82) is 5.26 Å². The summed E-state index contributed by atoms with van der Waals surface area (Å²) in [5.74, 6) is -0.0765. The molecule has 0 unspecified atom stereocenters. The van der Waals surface area contributed by atoms with Crippen LogP contribution in [0.2, 0.25) is 5.02 Å². The molecule has 3 heterocycles. The van der Waals surface area contributed by atoms with Crippen molar-refractivity contribution in [1.82, 2.24) is 14.8 Å². The molecule has 0 saturated carbocycles. The second kappa shape index (κ2) is 6.28. The molecule has 0 spiro atoms. The lowest BCUT2D eigenvalue weighted by atomic mass is 9.98. The number of rotatable bonds is 2. The van der Waals surface area contributed by atoms with E-state index in [1.807, 2.05) is 12.1 Å². The first-order valence-corrected chi connectivity index (χ1v) is 8.44. The van der Waals surface area contributed by atoms with E-state index in [1.165, 1.54) is 6.20 Å². The van der Waals surface area contributed by atoms with Crippen LogP contribution in [0.1, 0.15) is 21.5 Å². The Kier molecular flexibility index (Phi) is 3.94. The Labute approximate surface area is 155 Å². The maximum absolute atomic E-state index is 12.9.